The lowest BCUT2D eigenvalue weighted by atomic mass is 9.73. The van der Waals surface area contributed by atoms with Gasteiger partial charge in [0, 0.05) is 0 Å². The zero-order valence-electron chi connectivity index (χ0n) is 12.4. The van der Waals surface area contributed by atoms with Crippen molar-refractivity contribution in [2.75, 3.05) is 0 Å². The van der Waals surface area contributed by atoms with Gasteiger partial charge in [0.1, 0.15) is 5.41 Å². The summed E-state index contributed by atoms with van der Waals surface area (Å²) in [4.78, 5) is 43.2. The maximum atomic E-state index is 13.0. The van der Waals surface area contributed by atoms with Crippen LogP contribution in [-0.4, -0.2) is 26.7 Å². The van der Waals surface area contributed by atoms with Gasteiger partial charge in [-0.25, -0.2) is 4.57 Å². The summed E-state index contributed by atoms with van der Waals surface area (Å²) in [5.74, 6) is -1.63. The molecule has 2 aromatic carbocycles. The highest BCUT2D eigenvalue weighted by atomic mass is 31.2. The first-order valence-electron chi connectivity index (χ1n) is 7.08. The van der Waals surface area contributed by atoms with E-state index in [1.165, 1.54) is 0 Å². The molecule has 0 aromatic heterocycles. The summed E-state index contributed by atoms with van der Waals surface area (Å²) >= 11 is 0. The second kappa shape index (κ2) is 5.96. The zero-order chi connectivity index (χ0) is 17.4. The predicted octanol–water partition coefficient (Wildman–Crippen LogP) is 1.76. The number of benzene rings is 2. The van der Waals surface area contributed by atoms with Crippen molar-refractivity contribution in [3.63, 3.8) is 0 Å². The molecule has 3 rings (SSSR count). The highest BCUT2D eigenvalue weighted by Crippen LogP contribution is 2.46. The third-order valence-electron chi connectivity index (χ3n) is 3.91. The van der Waals surface area contributed by atoms with Crippen LogP contribution in [0.4, 0.5) is 0 Å². The van der Waals surface area contributed by atoms with E-state index >= 15 is 0 Å². The van der Waals surface area contributed by atoms with Gasteiger partial charge in [-0.2, -0.15) is 4.62 Å². The van der Waals surface area contributed by atoms with Crippen molar-refractivity contribution < 1.29 is 28.6 Å². The predicted molar refractivity (Wildman–Crippen MR) is 83.3 cm³/mol. The van der Waals surface area contributed by atoms with Crippen molar-refractivity contribution in [3.8, 4) is 0 Å². The van der Waals surface area contributed by atoms with Gasteiger partial charge in [-0.1, -0.05) is 60.7 Å². The highest BCUT2D eigenvalue weighted by molar-refractivity contribution is 7.46. The number of hydroxylamine groups is 2. The number of phosphoric acid groups is 1. The van der Waals surface area contributed by atoms with Crippen molar-refractivity contribution in [1.29, 1.82) is 0 Å². The molecule has 1 heterocycles. The van der Waals surface area contributed by atoms with E-state index in [4.69, 9.17) is 9.79 Å². The lowest BCUT2D eigenvalue weighted by Gasteiger charge is -2.27. The number of imide groups is 1. The molecule has 2 aromatic rings. The molecule has 2 amide bonds. The van der Waals surface area contributed by atoms with Crippen LogP contribution in [0, 0.1) is 0 Å². The average Bonchev–Trinajstić information content (AvgIpc) is 2.81. The fourth-order valence-electron chi connectivity index (χ4n) is 2.91. The smallest absolute Gasteiger partial charge is 0.301 e. The van der Waals surface area contributed by atoms with Gasteiger partial charge in [-0.05, 0) is 11.1 Å². The Morgan fingerprint density at radius 2 is 1.38 bits per heavy atom. The Morgan fingerprint density at radius 1 is 0.917 bits per heavy atom. The maximum absolute atomic E-state index is 13.0. The summed E-state index contributed by atoms with van der Waals surface area (Å²) in [7, 11) is -5.04. The Balaban J connectivity index is 2.16. The summed E-state index contributed by atoms with van der Waals surface area (Å²) in [5, 5.41) is 0.181. The van der Waals surface area contributed by atoms with Gasteiger partial charge >= 0.3 is 7.82 Å². The molecule has 8 heteroatoms. The quantitative estimate of drug-likeness (QED) is 0.645. The van der Waals surface area contributed by atoms with E-state index in [1.54, 1.807) is 60.7 Å². The highest BCUT2D eigenvalue weighted by Gasteiger charge is 2.56. The third kappa shape index (κ3) is 2.79. The van der Waals surface area contributed by atoms with Crippen LogP contribution in [0.2, 0.25) is 0 Å². The minimum absolute atomic E-state index is 0.181. The van der Waals surface area contributed by atoms with Gasteiger partial charge in [-0.3, -0.25) is 9.59 Å². The second-order valence-electron chi connectivity index (χ2n) is 5.38. The molecule has 7 nitrogen and oxygen atoms in total. The standard InChI is InChI=1S/C16H14NO6P/c18-14-11-16(12-7-3-1-4-8-12,13-9-5-2-6-10-13)15(19)17(14)23-24(20,21)22/h1-10H,11H2,(H2,20,21,22). The van der Waals surface area contributed by atoms with E-state index in [2.05, 4.69) is 4.62 Å². The Kier molecular flexibility index (Phi) is 4.11. The van der Waals surface area contributed by atoms with E-state index in [0.29, 0.717) is 11.1 Å². The summed E-state index contributed by atoms with van der Waals surface area (Å²) < 4.78 is 15.4. The van der Waals surface area contributed by atoms with Gasteiger partial charge in [0.15, 0.2) is 0 Å². The number of rotatable bonds is 4. The van der Waals surface area contributed by atoms with Gasteiger partial charge in [0.2, 0.25) is 0 Å². The normalized spacial score (nSPS) is 17.3. The lowest BCUT2D eigenvalue weighted by Crippen LogP contribution is -2.39. The van der Waals surface area contributed by atoms with Crippen LogP contribution in [0.5, 0.6) is 0 Å². The van der Waals surface area contributed by atoms with Crippen molar-refractivity contribution >= 4 is 19.6 Å². The van der Waals surface area contributed by atoms with E-state index in [0.717, 1.165) is 0 Å². The molecule has 0 atom stereocenters. The Bertz CT molecular complexity index is 777. The minimum Gasteiger partial charge on any atom is -0.301 e. The molecule has 1 aliphatic heterocycles. The molecule has 1 saturated heterocycles. The maximum Gasteiger partial charge on any atom is 0.491 e. The molecule has 124 valence electrons. The molecule has 0 bridgehead atoms. The van der Waals surface area contributed by atoms with Crippen molar-refractivity contribution in [2.45, 2.75) is 11.8 Å². The summed E-state index contributed by atoms with van der Waals surface area (Å²) in [6.45, 7) is 0. The fraction of sp³-hybridized carbons (Fsp3) is 0.125. The molecule has 1 fully saturated rings. The summed E-state index contributed by atoms with van der Waals surface area (Å²) in [5.41, 5.74) is -0.285. The number of hydrogen-bond donors (Lipinski definition) is 2. The van der Waals surface area contributed by atoms with Crippen LogP contribution in [0.15, 0.2) is 60.7 Å². The molecule has 0 saturated carbocycles. The monoisotopic (exact) mass is 347 g/mol. The molecule has 0 unspecified atom stereocenters. The molecule has 0 spiro atoms. The van der Waals surface area contributed by atoms with E-state index in [-0.39, 0.29) is 11.5 Å². The number of carbonyl (C=O) groups excluding carboxylic acids is 2. The number of hydrogen-bond acceptors (Lipinski definition) is 4. The fourth-order valence-corrected chi connectivity index (χ4v) is 3.29. The van der Waals surface area contributed by atoms with Gasteiger partial charge in [-0.15, -0.1) is 5.06 Å². The van der Waals surface area contributed by atoms with Crippen LogP contribution in [-0.2, 0) is 24.2 Å². The molecular weight excluding hydrogens is 333 g/mol. The molecule has 0 aliphatic carbocycles. The van der Waals surface area contributed by atoms with Gasteiger partial charge in [0.25, 0.3) is 11.8 Å². The molecule has 0 radical (unpaired) electrons. The first kappa shape index (κ1) is 16.5. The van der Waals surface area contributed by atoms with Crippen LogP contribution in [0.3, 0.4) is 0 Å². The Hall–Kier alpha value is -2.31. The first-order chi connectivity index (χ1) is 11.3. The largest absolute Gasteiger partial charge is 0.491 e. The number of carbonyl (C=O) groups is 2. The van der Waals surface area contributed by atoms with Gasteiger partial charge in [0.05, 0.1) is 6.42 Å². The Labute approximate surface area is 137 Å². The van der Waals surface area contributed by atoms with Crippen LogP contribution in [0.1, 0.15) is 17.5 Å². The summed E-state index contributed by atoms with van der Waals surface area (Å²) in [6, 6.07) is 17.2. The van der Waals surface area contributed by atoms with Crippen LogP contribution in [0.25, 0.3) is 0 Å². The van der Waals surface area contributed by atoms with E-state index < -0.39 is 25.1 Å². The lowest BCUT2D eigenvalue weighted by molar-refractivity contribution is -0.169. The topological polar surface area (TPSA) is 104 Å². The van der Waals surface area contributed by atoms with E-state index in [1.807, 2.05) is 0 Å². The molecule has 2 N–H and O–H groups in total. The first-order valence-corrected chi connectivity index (χ1v) is 8.61. The van der Waals surface area contributed by atoms with E-state index in [9.17, 15) is 14.2 Å². The SMILES string of the molecule is O=C1CC(c2ccccc2)(c2ccccc2)C(=O)N1OP(=O)(O)O. The number of amides is 2. The van der Waals surface area contributed by atoms with Crippen molar-refractivity contribution in [1.82, 2.24) is 5.06 Å². The van der Waals surface area contributed by atoms with Crippen molar-refractivity contribution in [3.05, 3.63) is 71.8 Å². The Morgan fingerprint density at radius 3 is 1.79 bits per heavy atom. The van der Waals surface area contributed by atoms with Gasteiger partial charge < -0.3 is 9.79 Å². The van der Waals surface area contributed by atoms with Crippen molar-refractivity contribution in [2.24, 2.45) is 0 Å². The zero-order valence-corrected chi connectivity index (χ0v) is 13.3. The number of nitrogens with zero attached hydrogens (tertiary/aromatic N) is 1. The third-order valence-corrected chi connectivity index (χ3v) is 4.29. The summed E-state index contributed by atoms with van der Waals surface area (Å²) in [6.07, 6.45) is -0.278. The van der Waals surface area contributed by atoms with Crippen LogP contribution >= 0.6 is 7.82 Å². The molecular formula is C16H14NO6P. The average molecular weight is 347 g/mol. The molecule has 1 aliphatic rings. The van der Waals surface area contributed by atoms with Crippen LogP contribution < -0.4 is 0 Å². The molecule has 24 heavy (non-hydrogen) atoms. The minimum atomic E-state index is -5.04. The second-order valence-corrected chi connectivity index (χ2v) is 6.52.